The molecule has 2 N–H and O–H groups in total. The van der Waals surface area contributed by atoms with Crippen LogP contribution in [0.25, 0.3) is 0 Å². The summed E-state index contributed by atoms with van der Waals surface area (Å²) < 4.78 is 7.87. The summed E-state index contributed by atoms with van der Waals surface area (Å²) in [6.45, 7) is 6.06. The van der Waals surface area contributed by atoms with E-state index in [1.807, 2.05) is 19.4 Å². The zero-order valence-electron chi connectivity index (χ0n) is 10.1. The van der Waals surface area contributed by atoms with Crippen molar-refractivity contribution in [3.05, 3.63) is 18.2 Å². The van der Waals surface area contributed by atoms with E-state index in [9.17, 15) is 0 Å². The van der Waals surface area contributed by atoms with Crippen molar-refractivity contribution in [2.75, 3.05) is 6.61 Å². The standard InChI is InChI=1S/C12H21N3O/c1-3-12-10(4-5-16-12)7-15-8-14-6-11(15)9(2)13/h6,8-10,12H,3-5,7,13H2,1-2H3. The molecule has 0 radical (unpaired) electrons. The van der Waals surface area contributed by atoms with Gasteiger partial charge in [-0.1, -0.05) is 6.92 Å². The van der Waals surface area contributed by atoms with Crippen molar-refractivity contribution in [3.63, 3.8) is 0 Å². The second-order valence-corrected chi connectivity index (χ2v) is 4.63. The predicted octanol–water partition coefficient (Wildman–Crippen LogP) is 1.72. The van der Waals surface area contributed by atoms with Gasteiger partial charge in [0, 0.05) is 31.3 Å². The van der Waals surface area contributed by atoms with Gasteiger partial charge in [-0.25, -0.2) is 4.98 Å². The Morgan fingerprint density at radius 2 is 2.50 bits per heavy atom. The monoisotopic (exact) mass is 223 g/mol. The molecule has 1 aliphatic heterocycles. The first-order chi connectivity index (χ1) is 7.72. The summed E-state index contributed by atoms with van der Waals surface area (Å²) in [5.41, 5.74) is 7.02. The first-order valence-corrected chi connectivity index (χ1v) is 6.09. The van der Waals surface area contributed by atoms with Gasteiger partial charge in [-0.2, -0.15) is 0 Å². The molecular formula is C12H21N3O. The number of hydrogen-bond acceptors (Lipinski definition) is 3. The molecule has 2 heterocycles. The summed E-state index contributed by atoms with van der Waals surface area (Å²) in [5.74, 6) is 0.608. The molecule has 3 atom stereocenters. The van der Waals surface area contributed by atoms with E-state index in [2.05, 4.69) is 16.5 Å². The molecule has 0 saturated carbocycles. The maximum atomic E-state index is 5.91. The summed E-state index contributed by atoms with van der Waals surface area (Å²) >= 11 is 0. The zero-order valence-corrected chi connectivity index (χ0v) is 10.1. The first kappa shape index (κ1) is 11.6. The Morgan fingerprint density at radius 3 is 3.19 bits per heavy atom. The number of imidazole rings is 1. The molecule has 4 nitrogen and oxygen atoms in total. The number of rotatable bonds is 4. The van der Waals surface area contributed by atoms with Crippen molar-refractivity contribution in [2.24, 2.45) is 11.7 Å². The second-order valence-electron chi connectivity index (χ2n) is 4.63. The van der Waals surface area contributed by atoms with Crippen LogP contribution < -0.4 is 5.73 Å². The van der Waals surface area contributed by atoms with Gasteiger partial charge >= 0.3 is 0 Å². The maximum Gasteiger partial charge on any atom is 0.0948 e. The molecule has 0 amide bonds. The molecule has 1 aromatic heterocycles. The van der Waals surface area contributed by atoms with Gasteiger partial charge in [0.2, 0.25) is 0 Å². The van der Waals surface area contributed by atoms with Crippen molar-refractivity contribution in [2.45, 2.75) is 45.4 Å². The smallest absolute Gasteiger partial charge is 0.0948 e. The lowest BCUT2D eigenvalue weighted by Crippen LogP contribution is -2.22. The van der Waals surface area contributed by atoms with Crippen LogP contribution in [0.4, 0.5) is 0 Å². The third kappa shape index (κ3) is 2.28. The molecule has 0 bridgehead atoms. The molecule has 0 aromatic carbocycles. The summed E-state index contributed by atoms with van der Waals surface area (Å²) in [4.78, 5) is 4.18. The fraction of sp³-hybridized carbons (Fsp3) is 0.750. The summed E-state index contributed by atoms with van der Waals surface area (Å²) in [6.07, 6.45) is 6.39. The number of nitrogens with zero attached hydrogens (tertiary/aromatic N) is 2. The summed E-state index contributed by atoms with van der Waals surface area (Å²) in [5, 5.41) is 0. The number of nitrogens with two attached hydrogens (primary N) is 1. The lowest BCUT2D eigenvalue weighted by atomic mass is 9.99. The lowest BCUT2D eigenvalue weighted by molar-refractivity contribution is 0.0832. The van der Waals surface area contributed by atoms with Gasteiger partial charge < -0.3 is 15.0 Å². The van der Waals surface area contributed by atoms with Crippen molar-refractivity contribution in [1.82, 2.24) is 9.55 Å². The molecule has 1 fully saturated rings. The van der Waals surface area contributed by atoms with Crippen molar-refractivity contribution < 1.29 is 4.74 Å². The number of aromatic nitrogens is 2. The molecular weight excluding hydrogens is 202 g/mol. The average molecular weight is 223 g/mol. The molecule has 90 valence electrons. The minimum Gasteiger partial charge on any atom is -0.378 e. The fourth-order valence-corrected chi connectivity index (χ4v) is 2.47. The SMILES string of the molecule is CCC1OCCC1Cn1cncc1C(C)N. The third-order valence-corrected chi connectivity index (χ3v) is 3.39. The van der Waals surface area contributed by atoms with Gasteiger partial charge in [0.15, 0.2) is 0 Å². The number of hydrogen-bond donors (Lipinski definition) is 1. The Kier molecular flexibility index (Phi) is 3.61. The van der Waals surface area contributed by atoms with E-state index in [-0.39, 0.29) is 6.04 Å². The normalized spacial score (nSPS) is 27.2. The Morgan fingerprint density at radius 1 is 1.69 bits per heavy atom. The van der Waals surface area contributed by atoms with Gasteiger partial charge in [0.1, 0.15) is 0 Å². The van der Waals surface area contributed by atoms with E-state index >= 15 is 0 Å². The van der Waals surface area contributed by atoms with Crippen LogP contribution >= 0.6 is 0 Å². The minimum atomic E-state index is 0.0462. The molecule has 3 unspecified atom stereocenters. The van der Waals surface area contributed by atoms with Crippen molar-refractivity contribution in [3.8, 4) is 0 Å². The van der Waals surface area contributed by atoms with E-state index in [0.717, 1.165) is 31.7 Å². The van der Waals surface area contributed by atoms with E-state index in [1.165, 1.54) is 0 Å². The topological polar surface area (TPSA) is 53.1 Å². The van der Waals surface area contributed by atoms with E-state index in [0.29, 0.717) is 12.0 Å². The lowest BCUT2D eigenvalue weighted by Gasteiger charge is -2.19. The predicted molar refractivity (Wildman–Crippen MR) is 63.0 cm³/mol. The number of ether oxygens (including phenoxy) is 1. The van der Waals surface area contributed by atoms with Crippen LogP contribution in [-0.4, -0.2) is 22.3 Å². The van der Waals surface area contributed by atoms with Crippen molar-refractivity contribution in [1.29, 1.82) is 0 Å². The maximum absolute atomic E-state index is 5.91. The zero-order chi connectivity index (χ0) is 11.5. The highest BCUT2D eigenvalue weighted by Gasteiger charge is 2.27. The fourth-order valence-electron chi connectivity index (χ4n) is 2.47. The van der Waals surface area contributed by atoms with E-state index in [4.69, 9.17) is 10.5 Å². The molecule has 16 heavy (non-hydrogen) atoms. The Labute approximate surface area is 96.8 Å². The molecule has 0 spiro atoms. The van der Waals surface area contributed by atoms with Crippen LogP contribution in [0.3, 0.4) is 0 Å². The first-order valence-electron chi connectivity index (χ1n) is 6.09. The molecule has 1 aliphatic rings. The Hall–Kier alpha value is -0.870. The highest BCUT2D eigenvalue weighted by atomic mass is 16.5. The van der Waals surface area contributed by atoms with Gasteiger partial charge in [-0.15, -0.1) is 0 Å². The minimum absolute atomic E-state index is 0.0462. The van der Waals surface area contributed by atoms with Crippen LogP contribution in [0.5, 0.6) is 0 Å². The van der Waals surface area contributed by atoms with E-state index in [1.54, 1.807) is 0 Å². The van der Waals surface area contributed by atoms with Gasteiger partial charge in [0.05, 0.1) is 18.1 Å². The third-order valence-electron chi connectivity index (χ3n) is 3.39. The summed E-state index contributed by atoms with van der Waals surface area (Å²) in [6, 6.07) is 0.0462. The Balaban J connectivity index is 2.05. The molecule has 1 aromatic rings. The average Bonchev–Trinajstić information content (AvgIpc) is 2.86. The van der Waals surface area contributed by atoms with Crippen LogP contribution in [0.2, 0.25) is 0 Å². The largest absolute Gasteiger partial charge is 0.378 e. The highest BCUT2D eigenvalue weighted by molar-refractivity contribution is 5.03. The van der Waals surface area contributed by atoms with Crippen LogP contribution in [-0.2, 0) is 11.3 Å². The van der Waals surface area contributed by atoms with Crippen LogP contribution in [0.15, 0.2) is 12.5 Å². The Bertz CT molecular complexity index is 335. The highest BCUT2D eigenvalue weighted by Crippen LogP contribution is 2.25. The summed E-state index contributed by atoms with van der Waals surface area (Å²) in [7, 11) is 0. The quantitative estimate of drug-likeness (QED) is 0.845. The molecule has 1 saturated heterocycles. The van der Waals surface area contributed by atoms with Crippen LogP contribution in [0.1, 0.15) is 38.4 Å². The van der Waals surface area contributed by atoms with Gasteiger partial charge in [0.25, 0.3) is 0 Å². The second kappa shape index (κ2) is 4.97. The molecule has 4 heteroatoms. The van der Waals surface area contributed by atoms with Gasteiger partial charge in [-0.3, -0.25) is 0 Å². The van der Waals surface area contributed by atoms with Crippen LogP contribution in [0, 0.1) is 5.92 Å². The van der Waals surface area contributed by atoms with E-state index < -0.39 is 0 Å². The molecule has 2 rings (SSSR count). The van der Waals surface area contributed by atoms with Crippen molar-refractivity contribution >= 4 is 0 Å². The van der Waals surface area contributed by atoms with Gasteiger partial charge in [-0.05, 0) is 19.8 Å². The molecule has 0 aliphatic carbocycles.